The van der Waals surface area contributed by atoms with Crippen molar-refractivity contribution in [1.82, 2.24) is 5.43 Å². The van der Waals surface area contributed by atoms with Gasteiger partial charge in [0.2, 0.25) is 0 Å². The summed E-state index contributed by atoms with van der Waals surface area (Å²) in [4.78, 5) is 25.7. The summed E-state index contributed by atoms with van der Waals surface area (Å²) >= 11 is 5.88. The van der Waals surface area contributed by atoms with Crippen LogP contribution in [0.1, 0.15) is 11.1 Å². The molecule has 0 fully saturated rings. The second-order valence-electron chi connectivity index (χ2n) is 5.60. The monoisotopic (exact) mass is 358 g/mol. The number of hydrogen-bond acceptors (Lipinski definition) is 4. The van der Waals surface area contributed by atoms with Crippen LogP contribution in [-0.4, -0.2) is 32.1 Å². The molecule has 2 rings (SSSR count). The molecule has 0 aliphatic rings. The van der Waals surface area contributed by atoms with Crippen LogP contribution >= 0.6 is 11.6 Å². The SMILES string of the molecule is Cc1ccc(Cl)cc1NC(=O)C(=O)N/N=C\c1ccc(N(C)C)cc1. The fourth-order valence-electron chi connectivity index (χ4n) is 1.98. The van der Waals surface area contributed by atoms with Crippen molar-refractivity contribution in [3.8, 4) is 0 Å². The van der Waals surface area contributed by atoms with Gasteiger partial charge >= 0.3 is 11.8 Å². The van der Waals surface area contributed by atoms with Crippen LogP contribution in [0.25, 0.3) is 0 Å². The van der Waals surface area contributed by atoms with E-state index in [2.05, 4.69) is 15.8 Å². The first kappa shape index (κ1) is 18.5. The van der Waals surface area contributed by atoms with Crippen molar-refractivity contribution in [1.29, 1.82) is 0 Å². The van der Waals surface area contributed by atoms with Crippen LogP contribution in [0.5, 0.6) is 0 Å². The normalized spacial score (nSPS) is 10.6. The molecule has 0 aliphatic carbocycles. The molecule has 7 heteroatoms. The zero-order valence-electron chi connectivity index (χ0n) is 14.2. The first-order valence-corrected chi connectivity index (χ1v) is 7.92. The number of benzene rings is 2. The number of rotatable bonds is 4. The Balaban J connectivity index is 1.92. The van der Waals surface area contributed by atoms with Crippen LogP contribution in [0.3, 0.4) is 0 Å². The number of carbonyl (C=O) groups is 2. The second kappa shape index (κ2) is 8.30. The average Bonchev–Trinajstić information content (AvgIpc) is 2.58. The summed E-state index contributed by atoms with van der Waals surface area (Å²) in [5.74, 6) is -1.67. The zero-order valence-corrected chi connectivity index (χ0v) is 15.0. The molecular weight excluding hydrogens is 340 g/mol. The fraction of sp³-hybridized carbons (Fsp3) is 0.167. The Hall–Kier alpha value is -2.86. The van der Waals surface area contributed by atoms with Gasteiger partial charge in [-0.05, 0) is 42.3 Å². The van der Waals surface area contributed by atoms with Gasteiger partial charge in [-0.2, -0.15) is 5.10 Å². The van der Waals surface area contributed by atoms with E-state index in [9.17, 15) is 9.59 Å². The maximum absolute atomic E-state index is 11.9. The van der Waals surface area contributed by atoms with E-state index in [1.165, 1.54) is 6.21 Å². The van der Waals surface area contributed by atoms with E-state index < -0.39 is 11.8 Å². The Morgan fingerprint density at radius 3 is 2.40 bits per heavy atom. The van der Waals surface area contributed by atoms with Crippen molar-refractivity contribution < 1.29 is 9.59 Å². The van der Waals surface area contributed by atoms with Crippen molar-refractivity contribution >= 4 is 41.0 Å². The Kier molecular flexibility index (Phi) is 6.14. The number of nitrogens with zero attached hydrogens (tertiary/aromatic N) is 2. The molecule has 2 N–H and O–H groups in total. The molecule has 0 heterocycles. The minimum Gasteiger partial charge on any atom is -0.378 e. The van der Waals surface area contributed by atoms with E-state index in [0.717, 1.165) is 16.8 Å². The fourth-order valence-corrected chi connectivity index (χ4v) is 2.15. The smallest absolute Gasteiger partial charge is 0.329 e. The topological polar surface area (TPSA) is 73.8 Å². The van der Waals surface area contributed by atoms with Crippen LogP contribution < -0.4 is 15.6 Å². The highest BCUT2D eigenvalue weighted by Gasteiger charge is 2.14. The van der Waals surface area contributed by atoms with Crippen LogP contribution in [-0.2, 0) is 9.59 Å². The maximum Gasteiger partial charge on any atom is 0.329 e. The number of carbonyl (C=O) groups excluding carboxylic acids is 2. The zero-order chi connectivity index (χ0) is 18.4. The lowest BCUT2D eigenvalue weighted by molar-refractivity contribution is -0.136. The summed E-state index contributed by atoms with van der Waals surface area (Å²) in [5, 5.41) is 6.77. The van der Waals surface area contributed by atoms with Gasteiger partial charge in [0, 0.05) is 30.5 Å². The number of amides is 2. The lowest BCUT2D eigenvalue weighted by Gasteiger charge is -2.11. The molecule has 0 atom stereocenters. The van der Waals surface area contributed by atoms with E-state index >= 15 is 0 Å². The van der Waals surface area contributed by atoms with E-state index in [1.807, 2.05) is 43.3 Å². The summed E-state index contributed by atoms with van der Waals surface area (Å²) in [6, 6.07) is 12.6. The Morgan fingerprint density at radius 2 is 1.76 bits per heavy atom. The molecule has 0 spiro atoms. The van der Waals surface area contributed by atoms with Gasteiger partial charge in [0.25, 0.3) is 0 Å². The molecule has 2 aromatic rings. The predicted octanol–water partition coefficient (Wildman–Crippen LogP) is 2.80. The van der Waals surface area contributed by atoms with Crippen LogP contribution in [0.15, 0.2) is 47.6 Å². The van der Waals surface area contributed by atoms with E-state index in [4.69, 9.17) is 11.6 Å². The van der Waals surface area contributed by atoms with Gasteiger partial charge in [-0.3, -0.25) is 9.59 Å². The van der Waals surface area contributed by atoms with Gasteiger partial charge < -0.3 is 10.2 Å². The highest BCUT2D eigenvalue weighted by atomic mass is 35.5. The van der Waals surface area contributed by atoms with Crippen LogP contribution in [0.4, 0.5) is 11.4 Å². The Morgan fingerprint density at radius 1 is 1.08 bits per heavy atom. The van der Waals surface area contributed by atoms with Crippen molar-refractivity contribution in [2.45, 2.75) is 6.92 Å². The van der Waals surface area contributed by atoms with Gasteiger partial charge in [0.05, 0.1) is 6.21 Å². The lowest BCUT2D eigenvalue weighted by atomic mass is 10.2. The van der Waals surface area contributed by atoms with Crippen molar-refractivity contribution in [3.63, 3.8) is 0 Å². The highest BCUT2D eigenvalue weighted by molar-refractivity contribution is 6.40. The quantitative estimate of drug-likeness (QED) is 0.501. The molecule has 0 bridgehead atoms. The minimum absolute atomic E-state index is 0.473. The molecule has 0 aliphatic heterocycles. The molecule has 130 valence electrons. The molecule has 0 saturated heterocycles. The number of anilines is 2. The van der Waals surface area contributed by atoms with Crippen LogP contribution in [0, 0.1) is 6.92 Å². The molecule has 25 heavy (non-hydrogen) atoms. The third-order valence-electron chi connectivity index (χ3n) is 3.44. The van der Waals surface area contributed by atoms with Crippen molar-refractivity contribution in [3.05, 3.63) is 58.6 Å². The van der Waals surface area contributed by atoms with Gasteiger partial charge in [-0.1, -0.05) is 29.8 Å². The minimum atomic E-state index is -0.861. The van der Waals surface area contributed by atoms with E-state index in [-0.39, 0.29) is 0 Å². The lowest BCUT2D eigenvalue weighted by Crippen LogP contribution is -2.32. The molecule has 0 radical (unpaired) electrons. The molecule has 2 amide bonds. The van der Waals surface area contributed by atoms with Crippen molar-refractivity contribution in [2.24, 2.45) is 5.10 Å². The standard InChI is InChI=1S/C18H19ClN4O2/c1-12-4-7-14(19)10-16(12)21-17(24)18(25)22-20-11-13-5-8-15(9-6-13)23(2)3/h4-11H,1-3H3,(H,21,24)(H,22,25)/b20-11-. The third-order valence-corrected chi connectivity index (χ3v) is 3.68. The Bertz CT molecular complexity index is 801. The number of hydrogen-bond donors (Lipinski definition) is 2. The Labute approximate surface area is 151 Å². The summed E-state index contributed by atoms with van der Waals surface area (Å²) < 4.78 is 0. The molecule has 0 unspecified atom stereocenters. The van der Waals surface area contributed by atoms with E-state index in [0.29, 0.717) is 10.7 Å². The number of nitrogens with one attached hydrogen (secondary N) is 2. The maximum atomic E-state index is 11.9. The van der Waals surface area contributed by atoms with Gasteiger partial charge in [-0.25, -0.2) is 5.43 Å². The molecule has 2 aromatic carbocycles. The number of halogens is 1. The number of hydrazone groups is 1. The molecule has 6 nitrogen and oxygen atoms in total. The largest absolute Gasteiger partial charge is 0.378 e. The van der Waals surface area contributed by atoms with Crippen LogP contribution in [0.2, 0.25) is 5.02 Å². The number of aryl methyl sites for hydroxylation is 1. The molecule has 0 saturated carbocycles. The second-order valence-corrected chi connectivity index (χ2v) is 6.03. The van der Waals surface area contributed by atoms with Gasteiger partial charge in [-0.15, -0.1) is 0 Å². The first-order chi connectivity index (χ1) is 11.9. The summed E-state index contributed by atoms with van der Waals surface area (Å²) in [6.07, 6.45) is 1.47. The van der Waals surface area contributed by atoms with Crippen molar-refractivity contribution in [2.75, 3.05) is 24.3 Å². The van der Waals surface area contributed by atoms with Gasteiger partial charge in [0.15, 0.2) is 0 Å². The summed E-state index contributed by atoms with van der Waals surface area (Å²) in [7, 11) is 3.90. The first-order valence-electron chi connectivity index (χ1n) is 7.55. The summed E-state index contributed by atoms with van der Waals surface area (Å²) in [5.41, 5.74) is 5.34. The predicted molar refractivity (Wildman–Crippen MR) is 101 cm³/mol. The van der Waals surface area contributed by atoms with E-state index in [1.54, 1.807) is 25.1 Å². The third kappa shape index (κ3) is 5.32. The highest BCUT2D eigenvalue weighted by Crippen LogP contribution is 2.19. The molecule has 0 aromatic heterocycles. The molecular formula is C18H19ClN4O2. The van der Waals surface area contributed by atoms with Gasteiger partial charge in [0.1, 0.15) is 0 Å². The average molecular weight is 359 g/mol. The summed E-state index contributed by atoms with van der Waals surface area (Å²) in [6.45, 7) is 1.80.